The van der Waals surface area contributed by atoms with Crippen molar-refractivity contribution >= 4 is 33.9 Å². The Morgan fingerprint density at radius 2 is 1.97 bits per heavy atom. The summed E-state index contributed by atoms with van der Waals surface area (Å²) in [6.45, 7) is 6.60. The molecule has 0 aromatic heterocycles. The second-order valence-electron chi connectivity index (χ2n) is 8.18. The van der Waals surface area contributed by atoms with E-state index in [0.29, 0.717) is 73.1 Å². The van der Waals surface area contributed by atoms with Crippen LogP contribution in [0.15, 0.2) is 34.5 Å². The Balaban J connectivity index is 1.59. The summed E-state index contributed by atoms with van der Waals surface area (Å²) in [5.41, 5.74) is 2.37. The number of piperazine rings is 1. The molecular formula is C25H27BrN2O6. The van der Waals surface area contributed by atoms with Gasteiger partial charge in [-0.05, 0) is 49.8 Å². The maximum Gasteiger partial charge on any atom is 0.409 e. The van der Waals surface area contributed by atoms with Crippen LogP contribution >= 0.6 is 15.9 Å². The Morgan fingerprint density at radius 3 is 2.65 bits per heavy atom. The average molecular weight is 531 g/mol. The van der Waals surface area contributed by atoms with Crippen molar-refractivity contribution in [2.45, 2.75) is 20.4 Å². The van der Waals surface area contributed by atoms with Crippen LogP contribution in [0.3, 0.4) is 0 Å². The number of phenols is 1. The Morgan fingerprint density at radius 1 is 1.24 bits per heavy atom. The molecule has 34 heavy (non-hydrogen) atoms. The number of nitrogens with zero attached hydrogens (tertiary/aromatic N) is 2. The van der Waals surface area contributed by atoms with E-state index in [1.165, 1.54) is 0 Å². The SMILES string of the molecule is CCOC(=O)N1CCN(Cc2c(O)cc(C)c3c2O/C(=C/c2cc(Br)ccc2OC)C3=O)CC1. The van der Waals surface area contributed by atoms with E-state index in [0.717, 1.165) is 4.47 Å². The van der Waals surface area contributed by atoms with Crippen LogP contribution < -0.4 is 9.47 Å². The second kappa shape index (κ2) is 10.1. The molecule has 9 heteroatoms. The van der Waals surface area contributed by atoms with Crippen molar-refractivity contribution in [2.75, 3.05) is 39.9 Å². The van der Waals surface area contributed by atoms with E-state index in [-0.39, 0.29) is 23.4 Å². The second-order valence-corrected chi connectivity index (χ2v) is 9.10. The molecule has 8 nitrogen and oxygen atoms in total. The normalized spacial score (nSPS) is 17.0. The smallest absolute Gasteiger partial charge is 0.409 e. The zero-order valence-electron chi connectivity index (χ0n) is 19.4. The van der Waals surface area contributed by atoms with Crippen LogP contribution in [0.4, 0.5) is 4.79 Å². The van der Waals surface area contributed by atoms with Gasteiger partial charge in [-0.15, -0.1) is 0 Å². The maximum atomic E-state index is 13.2. The van der Waals surface area contributed by atoms with E-state index in [2.05, 4.69) is 20.8 Å². The van der Waals surface area contributed by atoms with Crippen molar-refractivity contribution < 1.29 is 28.9 Å². The van der Waals surface area contributed by atoms with Crippen molar-refractivity contribution in [2.24, 2.45) is 0 Å². The van der Waals surface area contributed by atoms with Gasteiger partial charge in [0, 0.05) is 42.8 Å². The number of ether oxygens (including phenoxy) is 3. The number of Topliss-reactive ketones (excluding diaryl/α,β-unsaturated/α-hetero) is 1. The predicted molar refractivity (Wildman–Crippen MR) is 130 cm³/mol. The Labute approximate surface area is 206 Å². The molecule has 4 rings (SSSR count). The molecule has 2 heterocycles. The van der Waals surface area contributed by atoms with Gasteiger partial charge in [-0.25, -0.2) is 4.79 Å². The summed E-state index contributed by atoms with van der Waals surface area (Å²) in [6.07, 6.45) is 1.34. The van der Waals surface area contributed by atoms with Gasteiger partial charge in [0.1, 0.15) is 17.2 Å². The summed E-state index contributed by atoms with van der Waals surface area (Å²) in [7, 11) is 1.57. The lowest BCUT2D eigenvalue weighted by Gasteiger charge is -2.34. The number of allylic oxidation sites excluding steroid dienone is 1. The van der Waals surface area contributed by atoms with Crippen LogP contribution in [0.1, 0.15) is 34.0 Å². The topological polar surface area (TPSA) is 88.5 Å². The molecule has 1 fully saturated rings. The van der Waals surface area contributed by atoms with E-state index in [4.69, 9.17) is 14.2 Å². The van der Waals surface area contributed by atoms with Crippen molar-refractivity contribution in [3.05, 3.63) is 56.8 Å². The monoisotopic (exact) mass is 530 g/mol. The Kier molecular flexibility index (Phi) is 7.13. The van der Waals surface area contributed by atoms with Gasteiger partial charge in [-0.1, -0.05) is 15.9 Å². The van der Waals surface area contributed by atoms with E-state index >= 15 is 0 Å². The van der Waals surface area contributed by atoms with Crippen LogP contribution in [0.2, 0.25) is 0 Å². The highest BCUT2D eigenvalue weighted by Gasteiger charge is 2.34. The molecule has 0 bridgehead atoms. The highest BCUT2D eigenvalue weighted by Crippen LogP contribution is 2.43. The lowest BCUT2D eigenvalue weighted by molar-refractivity contribution is 0.0774. The van der Waals surface area contributed by atoms with Gasteiger partial charge in [-0.3, -0.25) is 9.69 Å². The van der Waals surface area contributed by atoms with Crippen LogP contribution in [0, 0.1) is 6.92 Å². The summed E-state index contributed by atoms with van der Waals surface area (Å²) in [5.74, 6) is 1.02. The van der Waals surface area contributed by atoms with E-state index in [9.17, 15) is 14.7 Å². The number of ketones is 1. The number of benzene rings is 2. The van der Waals surface area contributed by atoms with Gasteiger partial charge in [0.05, 0.1) is 24.8 Å². The van der Waals surface area contributed by atoms with Gasteiger partial charge in [0.2, 0.25) is 5.78 Å². The van der Waals surface area contributed by atoms with Crippen LogP contribution in [0.5, 0.6) is 17.2 Å². The van der Waals surface area contributed by atoms with Crippen LogP contribution in [-0.4, -0.2) is 66.7 Å². The molecule has 0 aliphatic carbocycles. The molecule has 1 amide bonds. The van der Waals surface area contributed by atoms with E-state index < -0.39 is 0 Å². The molecular weight excluding hydrogens is 504 g/mol. The molecule has 2 aromatic rings. The number of hydrogen-bond acceptors (Lipinski definition) is 7. The van der Waals surface area contributed by atoms with Gasteiger partial charge in [-0.2, -0.15) is 0 Å². The summed E-state index contributed by atoms with van der Waals surface area (Å²) < 4.78 is 17.4. The molecule has 0 radical (unpaired) electrons. The van der Waals surface area contributed by atoms with Crippen molar-refractivity contribution in [3.8, 4) is 17.2 Å². The molecule has 0 saturated carbocycles. The number of fused-ring (bicyclic) bond motifs is 1. The Bertz CT molecular complexity index is 1150. The number of hydrogen-bond donors (Lipinski definition) is 1. The number of carbonyl (C=O) groups excluding carboxylic acids is 2. The number of phenolic OH excluding ortho intramolecular Hbond substituents is 1. The molecule has 0 atom stereocenters. The lowest BCUT2D eigenvalue weighted by atomic mass is 9.99. The predicted octanol–water partition coefficient (Wildman–Crippen LogP) is 4.36. The van der Waals surface area contributed by atoms with E-state index in [1.54, 1.807) is 38.0 Å². The first-order valence-electron chi connectivity index (χ1n) is 11.1. The molecule has 2 aliphatic rings. The zero-order chi connectivity index (χ0) is 24.4. The molecule has 2 aliphatic heterocycles. The third kappa shape index (κ3) is 4.76. The molecule has 1 saturated heterocycles. The first-order chi connectivity index (χ1) is 16.3. The van der Waals surface area contributed by atoms with Gasteiger partial charge in [0.15, 0.2) is 5.76 Å². The Hall–Kier alpha value is -3.04. The molecule has 2 aromatic carbocycles. The van der Waals surface area contributed by atoms with Crippen molar-refractivity contribution in [1.29, 1.82) is 0 Å². The minimum Gasteiger partial charge on any atom is -0.507 e. The summed E-state index contributed by atoms with van der Waals surface area (Å²) >= 11 is 3.45. The highest BCUT2D eigenvalue weighted by atomic mass is 79.9. The highest BCUT2D eigenvalue weighted by molar-refractivity contribution is 9.10. The lowest BCUT2D eigenvalue weighted by Crippen LogP contribution is -2.48. The van der Waals surface area contributed by atoms with Crippen molar-refractivity contribution in [1.82, 2.24) is 9.80 Å². The molecule has 0 unspecified atom stereocenters. The number of halogens is 1. The molecule has 180 valence electrons. The largest absolute Gasteiger partial charge is 0.507 e. The minimum absolute atomic E-state index is 0.0816. The first kappa shape index (κ1) is 24.1. The maximum absolute atomic E-state index is 13.2. The summed E-state index contributed by atoms with van der Waals surface area (Å²) in [5, 5.41) is 10.7. The van der Waals surface area contributed by atoms with Crippen LogP contribution in [0.25, 0.3) is 6.08 Å². The van der Waals surface area contributed by atoms with Crippen molar-refractivity contribution in [3.63, 3.8) is 0 Å². The fourth-order valence-corrected chi connectivity index (χ4v) is 4.60. The number of aryl methyl sites for hydroxylation is 1. The number of methoxy groups -OCH3 is 1. The number of amides is 1. The van der Waals surface area contributed by atoms with Gasteiger partial charge < -0.3 is 24.2 Å². The number of carbonyl (C=O) groups is 2. The number of aromatic hydroxyl groups is 1. The summed E-state index contributed by atoms with van der Waals surface area (Å²) in [6, 6.07) is 7.11. The first-order valence-corrected chi connectivity index (χ1v) is 11.9. The fourth-order valence-electron chi connectivity index (χ4n) is 4.22. The van der Waals surface area contributed by atoms with Crippen LogP contribution in [-0.2, 0) is 11.3 Å². The standard InChI is InChI=1S/C25H27BrN2O6/c1-4-33-25(31)28-9-7-27(8-10-28)14-18-19(29)11-15(2)22-23(30)21(34-24(18)22)13-16-12-17(26)5-6-20(16)32-3/h5-6,11-13,29H,4,7-10,14H2,1-3H3/b21-13+. The quantitative estimate of drug-likeness (QED) is 0.574. The van der Waals surface area contributed by atoms with Gasteiger partial charge >= 0.3 is 6.09 Å². The number of rotatable bonds is 5. The fraction of sp³-hybridized carbons (Fsp3) is 0.360. The molecule has 1 N–H and O–H groups in total. The zero-order valence-corrected chi connectivity index (χ0v) is 21.0. The minimum atomic E-state index is -0.312. The third-order valence-corrected chi connectivity index (χ3v) is 6.47. The van der Waals surface area contributed by atoms with E-state index in [1.807, 2.05) is 18.2 Å². The summed E-state index contributed by atoms with van der Waals surface area (Å²) in [4.78, 5) is 29.0. The average Bonchev–Trinajstić information content (AvgIpc) is 3.13. The molecule has 0 spiro atoms. The van der Waals surface area contributed by atoms with Gasteiger partial charge in [0.25, 0.3) is 0 Å². The third-order valence-electron chi connectivity index (χ3n) is 5.98.